The van der Waals surface area contributed by atoms with Gasteiger partial charge in [0.05, 0.1) is 0 Å². The Morgan fingerprint density at radius 2 is 2.35 bits per heavy atom. The third-order valence-electron chi connectivity index (χ3n) is 3.28. The molecule has 1 amide bonds. The Bertz CT molecular complexity index is 414. The number of carbonyl (C=O) groups excluding carboxylic acids is 1. The monoisotopic (exact) mass is 254 g/mol. The fourth-order valence-corrected chi connectivity index (χ4v) is 2.21. The summed E-state index contributed by atoms with van der Waals surface area (Å²) in [4.78, 5) is 19.5. The standard InChI is InChI=1S/C11H15ClN4O/c12-10-14-5-2-8(16-10)15-9(17)6-11(7-13)3-1-4-11/h2,5H,1,3-4,6-7,13H2,(H,14,15,16,17). The van der Waals surface area contributed by atoms with Gasteiger partial charge in [0.25, 0.3) is 0 Å². The highest BCUT2D eigenvalue weighted by molar-refractivity contribution is 6.28. The van der Waals surface area contributed by atoms with E-state index in [1.165, 1.54) is 6.20 Å². The van der Waals surface area contributed by atoms with Gasteiger partial charge < -0.3 is 11.1 Å². The number of hydrogen-bond acceptors (Lipinski definition) is 4. The molecule has 0 radical (unpaired) electrons. The van der Waals surface area contributed by atoms with E-state index in [9.17, 15) is 4.79 Å². The highest BCUT2D eigenvalue weighted by Gasteiger charge is 2.37. The van der Waals surface area contributed by atoms with E-state index in [-0.39, 0.29) is 16.6 Å². The summed E-state index contributed by atoms with van der Waals surface area (Å²) < 4.78 is 0. The van der Waals surface area contributed by atoms with Crippen LogP contribution in [0.1, 0.15) is 25.7 Å². The first kappa shape index (κ1) is 12.3. The number of nitrogens with two attached hydrogens (primary N) is 1. The molecule has 0 atom stereocenters. The van der Waals surface area contributed by atoms with Gasteiger partial charge in [-0.15, -0.1) is 0 Å². The normalized spacial score (nSPS) is 17.3. The predicted molar refractivity (Wildman–Crippen MR) is 65.6 cm³/mol. The number of halogens is 1. The second-order valence-electron chi connectivity index (χ2n) is 4.49. The Morgan fingerprint density at radius 3 is 2.88 bits per heavy atom. The molecular formula is C11H15ClN4O. The second-order valence-corrected chi connectivity index (χ2v) is 4.83. The van der Waals surface area contributed by atoms with Crippen molar-refractivity contribution >= 4 is 23.3 Å². The molecule has 0 spiro atoms. The van der Waals surface area contributed by atoms with Crippen LogP contribution in [0.2, 0.25) is 5.28 Å². The topological polar surface area (TPSA) is 80.9 Å². The fourth-order valence-electron chi connectivity index (χ4n) is 2.06. The highest BCUT2D eigenvalue weighted by atomic mass is 35.5. The van der Waals surface area contributed by atoms with Crippen molar-refractivity contribution in [1.82, 2.24) is 9.97 Å². The van der Waals surface area contributed by atoms with Crippen molar-refractivity contribution in [2.24, 2.45) is 11.1 Å². The minimum Gasteiger partial charge on any atom is -0.330 e. The van der Waals surface area contributed by atoms with Crippen LogP contribution in [0.5, 0.6) is 0 Å². The van der Waals surface area contributed by atoms with E-state index in [1.54, 1.807) is 6.07 Å². The van der Waals surface area contributed by atoms with Crippen LogP contribution in [0, 0.1) is 5.41 Å². The number of nitrogens with zero attached hydrogens (tertiary/aromatic N) is 2. The second kappa shape index (κ2) is 4.98. The van der Waals surface area contributed by atoms with E-state index in [1.807, 2.05) is 0 Å². The molecule has 1 aliphatic carbocycles. The lowest BCUT2D eigenvalue weighted by atomic mass is 9.66. The Kier molecular flexibility index (Phi) is 3.59. The van der Waals surface area contributed by atoms with E-state index in [0.29, 0.717) is 18.8 Å². The van der Waals surface area contributed by atoms with Crippen molar-refractivity contribution in [2.45, 2.75) is 25.7 Å². The van der Waals surface area contributed by atoms with Gasteiger partial charge in [-0.2, -0.15) is 0 Å². The quantitative estimate of drug-likeness (QED) is 0.800. The summed E-state index contributed by atoms with van der Waals surface area (Å²) >= 11 is 5.63. The van der Waals surface area contributed by atoms with Gasteiger partial charge in [0.2, 0.25) is 11.2 Å². The number of nitrogens with one attached hydrogen (secondary N) is 1. The van der Waals surface area contributed by atoms with Gasteiger partial charge in [-0.1, -0.05) is 6.42 Å². The lowest BCUT2D eigenvalue weighted by Crippen LogP contribution is -2.40. The van der Waals surface area contributed by atoms with Crippen LogP contribution in [-0.2, 0) is 4.79 Å². The summed E-state index contributed by atoms with van der Waals surface area (Å²) in [6.45, 7) is 0.560. The summed E-state index contributed by atoms with van der Waals surface area (Å²) in [5, 5.41) is 2.84. The van der Waals surface area contributed by atoms with Crippen LogP contribution in [0.15, 0.2) is 12.3 Å². The molecule has 0 saturated heterocycles. The van der Waals surface area contributed by atoms with Crippen molar-refractivity contribution < 1.29 is 4.79 Å². The van der Waals surface area contributed by atoms with Gasteiger partial charge in [0, 0.05) is 12.6 Å². The molecule has 6 heteroatoms. The zero-order valence-corrected chi connectivity index (χ0v) is 10.2. The average molecular weight is 255 g/mol. The van der Waals surface area contributed by atoms with Crippen molar-refractivity contribution in [1.29, 1.82) is 0 Å². The molecule has 3 N–H and O–H groups in total. The Balaban J connectivity index is 1.93. The maximum atomic E-state index is 11.8. The SMILES string of the molecule is NCC1(CC(=O)Nc2ccnc(Cl)n2)CCC1. The summed E-state index contributed by atoms with van der Waals surface area (Å²) in [6, 6.07) is 1.61. The number of hydrogen-bond donors (Lipinski definition) is 2. The van der Waals surface area contributed by atoms with Crippen LogP contribution >= 0.6 is 11.6 Å². The molecule has 0 bridgehead atoms. The molecule has 5 nitrogen and oxygen atoms in total. The average Bonchev–Trinajstić information content (AvgIpc) is 2.23. The number of aromatic nitrogens is 2. The van der Waals surface area contributed by atoms with Crippen molar-refractivity contribution in [3.05, 3.63) is 17.5 Å². The van der Waals surface area contributed by atoms with E-state index < -0.39 is 0 Å². The summed E-state index contributed by atoms with van der Waals surface area (Å²) in [6.07, 6.45) is 5.17. The predicted octanol–water partition coefficient (Wildman–Crippen LogP) is 1.59. The Morgan fingerprint density at radius 1 is 1.59 bits per heavy atom. The zero-order chi connectivity index (χ0) is 12.3. The molecule has 0 unspecified atom stereocenters. The van der Waals surface area contributed by atoms with E-state index >= 15 is 0 Å². The maximum Gasteiger partial charge on any atom is 0.226 e. The van der Waals surface area contributed by atoms with Crippen molar-refractivity contribution in [2.75, 3.05) is 11.9 Å². The molecule has 1 aromatic heterocycles. The molecule has 1 heterocycles. The summed E-state index contributed by atoms with van der Waals surface area (Å²) in [5.41, 5.74) is 5.71. The van der Waals surface area contributed by atoms with E-state index in [4.69, 9.17) is 17.3 Å². The first-order valence-electron chi connectivity index (χ1n) is 5.62. The summed E-state index contributed by atoms with van der Waals surface area (Å²) in [5.74, 6) is 0.367. The number of amides is 1. The van der Waals surface area contributed by atoms with Crippen LogP contribution in [0.3, 0.4) is 0 Å². The lowest BCUT2D eigenvalue weighted by molar-refractivity contribution is -0.119. The van der Waals surface area contributed by atoms with Crippen LogP contribution in [0.4, 0.5) is 5.82 Å². The van der Waals surface area contributed by atoms with Crippen LogP contribution in [0.25, 0.3) is 0 Å². The highest BCUT2D eigenvalue weighted by Crippen LogP contribution is 2.42. The van der Waals surface area contributed by atoms with Gasteiger partial charge in [0.15, 0.2) is 0 Å². The first-order chi connectivity index (χ1) is 8.13. The molecule has 0 aliphatic heterocycles. The van der Waals surface area contributed by atoms with Gasteiger partial charge in [-0.3, -0.25) is 4.79 Å². The zero-order valence-electron chi connectivity index (χ0n) is 9.45. The molecule has 0 aromatic carbocycles. The minimum atomic E-state index is -0.0649. The maximum absolute atomic E-state index is 11.8. The lowest BCUT2D eigenvalue weighted by Gasteiger charge is -2.40. The smallest absolute Gasteiger partial charge is 0.226 e. The van der Waals surface area contributed by atoms with Crippen LogP contribution in [-0.4, -0.2) is 22.4 Å². The molecule has 92 valence electrons. The molecular weight excluding hydrogens is 240 g/mol. The largest absolute Gasteiger partial charge is 0.330 e. The number of rotatable bonds is 4. The van der Waals surface area contributed by atoms with Crippen LogP contribution < -0.4 is 11.1 Å². The van der Waals surface area contributed by atoms with Gasteiger partial charge >= 0.3 is 0 Å². The minimum absolute atomic E-state index is 0.000901. The van der Waals surface area contributed by atoms with Crippen molar-refractivity contribution in [3.8, 4) is 0 Å². The molecule has 1 aliphatic rings. The molecule has 1 fully saturated rings. The molecule has 1 aromatic rings. The third-order valence-corrected chi connectivity index (χ3v) is 3.46. The molecule has 2 rings (SSSR count). The molecule has 1 saturated carbocycles. The van der Waals surface area contributed by atoms with Gasteiger partial charge in [0.1, 0.15) is 5.82 Å². The number of anilines is 1. The number of carbonyl (C=O) groups is 1. The van der Waals surface area contributed by atoms with Crippen molar-refractivity contribution in [3.63, 3.8) is 0 Å². The summed E-state index contributed by atoms with van der Waals surface area (Å²) in [7, 11) is 0. The molecule has 17 heavy (non-hydrogen) atoms. The van der Waals surface area contributed by atoms with Gasteiger partial charge in [-0.25, -0.2) is 9.97 Å². The fraction of sp³-hybridized carbons (Fsp3) is 0.545. The van der Waals surface area contributed by atoms with E-state index in [2.05, 4.69) is 15.3 Å². The van der Waals surface area contributed by atoms with E-state index in [0.717, 1.165) is 19.3 Å². The van der Waals surface area contributed by atoms with Gasteiger partial charge in [-0.05, 0) is 42.5 Å². The Labute approximate surface area is 105 Å². The first-order valence-corrected chi connectivity index (χ1v) is 6.00. The third kappa shape index (κ3) is 2.92. The Hall–Kier alpha value is -1.20.